The Morgan fingerprint density at radius 2 is 1.85 bits per heavy atom. The van der Waals surface area contributed by atoms with Crippen molar-refractivity contribution in [1.82, 2.24) is 10.3 Å². The van der Waals surface area contributed by atoms with Gasteiger partial charge >= 0.3 is 5.97 Å². The molecule has 0 aliphatic rings. The van der Waals surface area contributed by atoms with Crippen molar-refractivity contribution in [3.05, 3.63) is 77.0 Å². The van der Waals surface area contributed by atoms with Crippen molar-refractivity contribution in [2.45, 2.75) is 26.3 Å². The molecule has 0 aliphatic heterocycles. The lowest BCUT2D eigenvalue weighted by atomic mass is 10.0. The minimum Gasteiger partial charge on any atom is -0.467 e. The first-order valence-corrected chi connectivity index (χ1v) is 8.78. The number of fused-ring (bicyclic) bond motifs is 1. The quantitative estimate of drug-likeness (QED) is 0.707. The van der Waals surface area contributed by atoms with E-state index in [0.717, 1.165) is 22.0 Å². The van der Waals surface area contributed by atoms with Crippen molar-refractivity contribution in [1.29, 1.82) is 0 Å². The van der Waals surface area contributed by atoms with E-state index in [9.17, 15) is 9.59 Å². The van der Waals surface area contributed by atoms with E-state index in [0.29, 0.717) is 12.0 Å². The van der Waals surface area contributed by atoms with Gasteiger partial charge in [-0.05, 0) is 42.7 Å². The first-order chi connectivity index (χ1) is 13.0. The molecule has 27 heavy (non-hydrogen) atoms. The molecule has 5 nitrogen and oxygen atoms in total. The first kappa shape index (κ1) is 18.6. The number of hydrogen-bond donors (Lipinski definition) is 1. The van der Waals surface area contributed by atoms with Crippen LogP contribution in [0.25, 0.3) is 10.9 Å². The Bertz CT molecular complexity index is 993. The van der Waals surface area contributed by atoms with Gasteiger partial charge in [0.15, 0.2) is 0 Å². The number of hydrogen-bond acceptors (Lipinski definition) is 4. The number of carbonyl (C=O) groups excluding carboxylic acids is 2. The highest BCUT2D eigenvalue weighted by Crippen LogP contribution is 2.17. The summed E-state index contributed by atoms with van der Waals surface area (Å²) >= 11 is 0. The van der Waals surface area contributed by atoms with Gasteiger partial charge in [0.1, 0.15) is 6.04 Å². The summed E-state index contributed by atoms with van der Waals surface area (Å²) in [7, 11) is 1.32. The number of benzene rings is 2. The van der Waals surface area contributed by atoms with Gasteiger partial charge in [-0.25, -0.2) is 4.79 Å². The fourth-order valence-electron chi connectivity index (χ4n) is 3.03. The van der Waals surface area contributed by atoms with Crippen LogP contribution in [-0.4, -0.2) is 30.0 Å². The molecule has 1 N–H and O–H groups in total. The molecular weight excluding hydrogens is 340 g/mol. The average Bonchev–Trinajstić information content (AvgIpc) is 2.69. The maximum absolute atomic E-state index is 12.9. The second-order valence-electron chi connectivity index (χ2n) is 6.55. The van der Waals surface area contributed by atoms with Gasteiger partial charge in [-0.3, -0.25) is 9.78 Å². The molecule has 1 amide bonds. The fourth-order valence-corrected chi connectivity index (χ4v) is 3.03. The van der Waals surface area contributed by atoms with E-state index in [2.05, 4.69) is 10.3 Å². The Morgan fingerprint density at radius 3 is 2.59 bits per heavy atom. The molecule has 138 valence electrons. The summed E-state index contributed by atoms with van der Waals surface area (Å²) in [6.07, 6.45) is 1.95. The number of carbonyl (C=O) groups is 2. The van der Waals surface area contributed by atoms with E-state index in [1.54, 1.807) is 12.3 Å². The number of para-hydroxylation sites is 1. The van der Waals surface area contributed by atoms with Crippen LogP contribution in [0.1, 0.15) is 27.0 Å². The Labute approximate surface area is 158 Å². The van der Waals surface area contributed by atoms with Crippen LogP contribution in [0.5, 0.6) is 0 Å². The fraction of sp³-hybridized carbons (Fsp3) is 0.227. The Balaban J connectivity index is 1.86. The predicted molar refractivity (Wildman–Crippen MR) is 105 cm³/mol. The second kappa shape index (κ2) is 7.99. The van der Waals surface area contributed by atoms with E-state index in [-0.39, 0.29) is 5.91 Å². The average molecular weight is 362 g/mol. The summed E-state index contributed by atoms with van der Waals surface area (Å²) in [5, 5.41) is 3.56. The van der Waals surface area contributed by atoms with E-state index in [1.165, 1.54) is 12.7 Å². The highest BCUT2D eigenvalue weighted by molar-refractivity contribution is 6.07. The molecule has 5 heteroatoms. The third-order valence-corrected chi connectivity index (χ3v) is 4.70. The molecular formula is C22H22N2O3. The van der Waals surface area contributed by atoms with Crippen LogP contribution < -0.4 is 5.32 Å². The van der Waals surface area contributed by atoms with E-state index >= 15 is 0 Å². The Morgan fingerprint density at radius 1 is 1.07 bits per heavy atom. The number of aryl methyl sites for hydroxylation is 2. The minimum absolute atomic E-state index is 0.326. The van der Waals surface area contributed by atoms with Gasteiger partial charge in [-0.15, -0.1) is 0 Å². The smallest absolute Gasteiger partial charge is 0.328 e. The maximum Gasteiger partial charge on any atom is 0.328 e. The Kier molecular flexibility index (Phi) is 5.50. The van der Waals surface area contributed by atoms with Crippen LogP contribution in [0.3, 0.4) is 0 Å². The number of methoxy groups -OCH3 is 1. The van der Waals surface area contributed by atoms with Gasteiger partial charge < -0.3 is 10.1 Å². The number of nitrogens with one attached hydrogen (secondary N) is 1. The van der Waals surface area contributed by atoms with Crippen LogP contribution in [-0.2, 0) is 16.0 Å². The van der Waals surface area contributed by atoms with Crippen LogP contribution in [0.4, 0.5) is 0 Å². The summed E-state index contributed by atoms with van der Waals surface area (Å²) in [5.41, 5.74) is 4.50. The number of ether oxygens (including phenoxy) is 1. The maximum atomic E-state index is 12.9. The molecule has 0 aliphatic carbocycles. The molecule has 2 aromatic carbocycles. The van der Waals surface area contributed by atoms with Gasteiger partial charge in [-0.2, -0.15) is 0 Å². The second-order valence-corrected chi connectivity index (χ2v) is 6.55. The highest BCUT2D eigenvalue weighted by Gasteiger charge is 2.23. The monoisotopic (exact) mass is 362 g/mol. The molecule has 0 radical (unpaired) electrons. The van der Waals surface area contributed by atoms with Crippen molar-refractivity contribution < 1.29 is 14.3 Å². The summed E-state index contributed by atoms with van der Waals surface area (Å²) in [5.74, 6) is -0.798. The normalized spacial score (nSPS) is 11.8. The SMILES string of the molecule is COC(=O)[C@H](Cc1ccc(C)c(C)c1)NC(=O)c1ccnc2ccccc12. The van der Waals surface area contributed by atoms with Crippen molar-refractivity contribution in [3.8, 4) is 0 Å². The molecule has 3 rings (SSSR count). The molecule has 0 fully saturated rings. The summed E-state index contributed by atoms with van der Waals surface area (Å²) in [4.78, 5) is 29.4. The topological polar surface area (TPSA) is 68.3 Å². The van der Waals surface area contributed by atoms with Crippen LogP contribution in [0, 0.1) is 13.8 Å². The number of rotatable bonds is 5. The van der Waals surface area contributed by atoms with Gasteiger partial charge in [0.05, 0.1) is 18.2 Å². The molecule has 0 saturated carbocycles. The van der Waals surface area contributed by atoms with Crippen LogP contribution in [0.15, 0.2) is 54.7 Å². The van der Waals surface area contributed by atoms with Gasteiger partial charge in [0.2, 0.25) is 0 Å². The largest absolute Gasteiger partial charge is 0.467 e. The van der Waals surface area contributed by atoms with Crippen molar-refractivity contribution in [2.24, 2.45) is 0 Å². The van der Waals surface area contributed by atoms with E-state index < -0.39 is 12.0 Å². The highest BCUT2D eigenvalue weighted by atomic mass is 16.5. The molecule has 1 aromatic heterocycles. The lowest BCUT2D eigenvalue weighted by molar-refractivity contribution is -0.142. The lowest BCUT2D eigenvalue weighted by Crippen LogP contribution is -2.43. The molecule has 0 unspecified atom stereocenters. The molecule has 3 aromatic rings. The molecule has 0 saturated heterocycles. The van der Waals surface area contributed by atoms with Gasteiger partial charge in [0, 0.05) is 18.0 Å². The number of esters is 1. The third kappa shape index (κ3) is 4.14. The van der Waals surface area contributed by atoms with E-state index in [1.807, 2.05) is 56.3 Å². The van der Waals surface area contributed by atoms with Gasteiger partial charge in [-0.1, -0.05) is 36.4 Å². The van der Waals surface area contributed by atoms with Crippen molar-refractivity contribution in [2.75, 3.05) is 7.11 Å². The number of aromatic nitrogens is 1. The zero-order valence-electron chi connectivity index (χ0n) is 15.7. The predicted octanol–water partition coefficient (Wildman–Crippen LogP) is 3.37. The number of pyridine rings is 1. The zero-order valence-corrected chi connectivity index (χ0v) is 15.7. The van der Waals surface area contributed by atoms with Crippen LogP contribution in [0.2, 0.25) is 0 Å². The molecule has 1 atom stereocenters. The summed E-state index contributed by atoms with van der Waals surface area (Å²) in [6, 6.07) is 14.3. The summed E-state index contributed by atoms with van der Waals surface area (Å²) in [6.45, 7) is 4.06. The van der Waals surface area contributed by atoms with E-state index in [4.69, 9.17) is 4.74 Å². The van der Waals surface area contributed by atoms with Crippen molar-refractivity contribution in [3.63, 3.8) is 0 Å². The third-order valence-electron chi connectivity index (χ3n) is 4.70. The van der Waals surface area contributed by atoms with Crippen LogP contribution >= 0.6 is 0 Å². The van der Waals surface area contributed by atoms with Crippen molar-refractivity contribution >= 4 is 22.8 Å². The zero-order chi connectivity index (χ0) is 19.4. The molecule has 1 heterocycles. The lowest BCUT2D eigenvalue weighted by Gasteiger charge is -2.18. The first-order valence-electron chi connectivity index (χ1n) is 8.78. The number of nitrogens with zero attached hydrogens (tertiary/aromatic N) is 1. The minimum atomic E-state index is -0.767. The summed E-state index contributed by atoms with van der Waals surface area (Å²) < 4.78 is 4.90. The molecule has 0 bridgehead atoms. The molecule has 0 spiro atoms. The number of amides is 1. The Hall–Kier alpha value is -3.21. The van der Waals surface area contributed by atoms with Gasteiger partial charge in [0.25, 0.3) is 5.91 Å². The standard InChI is InChI=1S/C22H22N2O3/c1-14-8-9-16(12-15(14)2)13-20(22(26)27-3)24-21(25)18-10-11-23-19-7-5-4-6-17(18)19/h4-12,20H,13H2,1-3H3,(H,24,25)/t20-/m0/s1.